The van der Waals surface area contributed by atoms with Crippen LogP contribution < -0.4 is 10.6 Å². The van der Waals surface area contributed by atoms with Crippen molar-refractivity contribution in [3.63, 3.8) is 0 Å². The standard InChI is InChI=1S/C21H16BrN3O4S/c22-18-6-1-2-7-19(18)24-20(26)13-30-17-5-3-4-15(12-17)23-21(27)14-8-10-16(11-9-14)25(28)29/h1-12H,13H2,(H,23,27)(H,24,26). The number of nitrogens with one attached hydrogen (secondary N) is 2. The lowest BCUT2D eigenvalue weighted by Gasteiger charge is -2.09. The van der Waals surface area contributed by atoms with Crippen molar-refractivity contribution in [1.82, 2.24) is 0 Å². The van der Waals surface area contributed by atoms with Crippen LogP contribution in [-0.2, 0) is 4.79 Å². The lowest BCUT2D eigenvalue weighted by atomic mass is 10.2. The van der Waals surface area contributed by atoms with Crippen LogP contribution in [0.2, 0.25) is 0 Å². The van der Waals surface area contributed by atoms with Crippen molar-refractivity contribution in [3.8, 4) is 0 Å². The molecule has 0 aromatic heterocycles. The molecule has 0 aliphatic carbocycles. The molecule has 0 aliphatic rings. The highest BCUT2D eigenvalue weighted by Gasteiger charge is 2.11. The Morgan fingerprint density at radius 2 is 1.70 bits per heavy atom. The van der Waals surface area contributed by atoms with Gasteiger partial charge in [0.1, 0.15) is 0 Å². The molecule has 7 nitrogen and oxygen atoms in total. The summed E-state index contributed by atoms with van der Waals surface area (Å²) in [6.45, 7) is 0. The highest BCUT2D eigenvalue weighted by atomic mass is 79.9. The van der Waals surface area contributed by atoms with E-state index < -0.39 is 4.92 Å². The van der Waals surface area contributed by atoms with Gasteiger partial charge >= 0.3 is 0 Å². The Kier molecular flexibility index (Phi) is 7.21. The predicted octanol–water partition coefficient (Wildman–Crippen LogP) is 5.34. The van der Waals surface area contributed by atoms with Crippen LogP contribution in [0.1, 0.15) is 10.4 Å². The summed E-state index contributed by atoms with van der Waals surface area (Å²) in [5, 5.41) is 16.3. The molecule has 0 saturated carbocycles. The maximum atomic E-state index is 12.4. The van der Waals surface area contributed by atoms with Gasteiger partial charge in [0.05, 0.1) is 16.4 Å². The zero-order valence-electron chi connectivity index (χ0n) is 15.5. The number of nitro groups is 1. The summed E-state index contributed by atoms with van der Waals surface area (Å²) in [6.07, 6.45) is 0. The zero-order valence-corrected chi connectivity index (χ0v) is 17.9. The minimum atomic E-state index is -0.519. The molecule has 0 saturated heterocycles. The SMILES string of the molecule is O=C(CSc1cccc(NC(=O)c2ccc([N+](=O)[O-])cc2)c1)Nc1ccccc1Br. The Morgan fingerprint density at radius 3 is 2.40 bits per heavy atom. The Hall–Kier alpha value is -3.17. The monoisotopic (exact) mass is 485 g/mol. The second-order valence-electron chi connectivity index (χ2n) is 6.10. The first-order valence-corrected chi connectivity index (χ1v) is 10.5. The van der Waals surface area contributed by atoms with Gasteiger partial charge in [-0.1, -0.05) is 18.2 Å². The molecular weight excluding hydrogens is 470 g/mol. The van der Waals surface area contributed by atoms with E-state index in [1.165, 1.54) is 36.0 Å². The highest BCUT2D eigenvalue weighted by molar-refractivity contribution is 9.10. The molecule has 0 bridgehead atoms. The number of para-hydroxylation sites is 1. The first-order chi connectivity index (χ1) is 14.4. The molecule has 3 aromatic carbocycles. The average molecular weight is 486 g/mol. The van der Waals surface area contributed by atoms with E-state index in [-0.39, 0.29) is 23.3 Å². The first-order valence-electron chi connectivity index (χ1n) is 8.75. The van der Waals surface area contributed by atoms with Crippen molar-refractivity contribution >= 4 is 56.6 Å². The number of carbonyl (C=O) groups is 2. The molecule has 0 radical (unpaired) electrons. The van der Waals surface area contributed by atoms with Crippen molar-refractivity contribution in [3.05, 3.63) is 92.9 Å². The molecular formula is C21H16BrN3O4S. The van der Waals surface area contributed by atoms with Gasteiger partial charge in [-0.3, -0.25) is 19.7 Å². The number of hydrogen-bond acceptors (Lipinski definition) is 5. The minimum absolute atomic E-state index is 0.0780. The lowest BCUT2D eigenvalue weighted by molar-refractivity contribution is -0.384. The van der Waals surface area contributed by atoms with E-state index in [1.54, 1.807) is 24.3 Å². The van der Waals surface area contributed by atoms with E-state index in [1.807, 2.05) is 24.3 Å². The summed E-state index contributed by atoms with van der Waals surface area (Å²) in [5.41, 5.74) is 1.50. The average Bonchev–Trinajstić information content (AvgIpc) is 2.74. The van der Waals surface area contributed by atoms with Gasteiger partial charge in [0.25, 0.3) is 11.6 Å². The molecule has 3 aromatic rings. The Labute approximate surface area is 185 Å². The molecule has 0 aliphatic heterocycles. The molecule has 0 heterocycles. The molecule has 0 fully saturated rings. The maximum Gasteiger partial charge on any atom is 0.269 e. The Bertz CT molecular complexity index is 1090. The van der Waals surface area contributed by atoms with Gasteiger partial charge in [0, 0.05) is 32.8 Å². The second kappa shape index (κ2) is 10.0. The highest BCUT2D eigenvalue weighted by Crippen LogP contribution is 2.24. The van der Waals surface area contributed by atoms with Crippen LogP contribution in [0.25, 0.3) is 0 Å². The van der Waals surface area contributed by atoms with Gasteiger partial charge in [-0.05, 0) is 58.4 Å². The number of anilines is 2. The number of hydrogen-bond donors (Lipinski definition) is 2. The van der Waals surface area contributed by atoms with Gasteiger partial charge in [0.2, 0.25) is 5.91 Å². The fraction of sp³-hybridized carbons (Fsp3) is 0.0476. The van der Waals surface area contributed by atoms with Crippen molar-refractivity contribution in [1.29, 1.82) is 0 Å². The quantitative estimate of drug-likeness (QED) is 0.267. The van der Waals surface area contributed by atoms with Crippen molar-refractivity contribution < 1.29 is 14.5 Å². The summed E-state index contributed by atoms with van der Waals surface area (Å²) in [4.78, 5) is 35.6. The zero-order chi connectivity index (χ0) is 21.5. The van der Waals surface area contributed by atoms with Crippen LogP contribution in [0.15, 0.2) is 82.2 Å². The van der Waals surface area contributed by atoms with Crippen LogP contribution in [0.5, 0.6) is 0 Å². The smallest absolute Gasteiger partial charge is 0.269 e. The van der Waals surface area contributed by atoms with Crippen LogP contribution >= 0.6 is 27.7 Å². The second-order valence-corrected chi connectivity index (χ2v) is 8.01. The first kappa shape index (κ1) is 21.5. The van der Waals surface area contributed by atoms with Gasteiger partial charge < -0.3 is 10.6 Å². The Morgan fingerprint density at radius 1 is 0.967 bits per heavy atom. The third-order valence-electron chi connectivity index (χ3n) is 3.95. The summed E-state index contributed by atoms with van der Waals surface area (Å²) >= 11 is 4.73. The molecule has 2 N–H and O–H groups in total. The van der Waals surface area contributed by atoms with Gasteiger partial charge in [0.15, 0.2) is 0 Å². The maximum absolute atomic E-state index is 12.4. The number of carbonyl (C=O) groups excluding carboxylic acids is 2. The molecule has 9 heteroatoms. The fourth-order valence-electron chi connectivity index (χ4n) is 2.50. The number of benzene rings is 3. The number of nitrogens with zero attached hydrogens (tertiary/aromatic N) is 1. The third kappa shape index (κ3) is 5.91. The molecule has 152 valence electrons. The van der Waals surface area contributed by atoms with E-state index in [4.69, 9.17) is 0 Å². The molecule has 2 amide bonds. The molecule has 3 rings (SSSR count). The van der Waals surface area contributed by atoms with Crippen LogP contribution in [0.4, 0.5) is 17.1 Å². The molecule has 0 unspecified atom stereocenters. The summed E-state index contributed by atoms with van der Waals surface area (Å²) in [5.74, 6) is -0.313. The normalized spacial score (nSPS) is 10.3. The van der Waals surface area contributed by atoms with Crippen molar-refractivity contribution in [2.45, 2.75) is 4.90 Å². The summed E-state index contributed by atoms with van der Waals surface area (Å²) < 4.78 is 0.805. The summed E-state index contributed by atoms with van der Waals surface area (Å²) in [6, 6.07) is 19.8. The van der Waals surface area contributed by atoms with Crippen molar-refractivity contribution in [2.24, 2.45) is 0 Å². The predicted molar refractivity (Wildman–Crippen MR) is 121 cm³/mol. The van der Waals surface area contributed by atoms with Gasteiger partial charge in [-0.15, -0.1) is 11.8 Å². The number of amides is 2. The van der Waals surface area contributed by atoms with E-state index in [2.05, 4.69) is 26.6 Å². The minimum Gasteiger partial charge on any atom is -0.324 e. The van der Waals surface area contributed by atoms with Crippen LogP contribution in [0, 0.1) is 10.1 Å². The Balaban J connectivity index is 1.57. The van der Waals surface area contributed by atoms with E-state index in [0.29, 0.717) is 16.9 Å². The number of nitro benzene ring substituents is 1. The molecule has 30 heavy (non-hydrogen) atoms. The number of non-ortho nitro benzene ring substituents is 1. The topological polar surface area (TPSA) is 101 Å². The third-order valence-corrected chi connectivity index (χ3v) is 5.64. The fourth-order valence-corrected chi connectivity index (χ4v) is 3.64. The lowest BCUT2D eigenvalue weighted by Crippen LogP contribution is -2.14. The number of thioether (sulfide) groups is 1. The van der Waals surface area contributed by atoms with Gasteiger partial charge in [-0.25, -0.2) is 0 Å². The number of rotatable bonds is 7. The molecule has 0 atom stereocenters. The number of halogens is 1. The van der Waals surface area contributed by atoms with Crippen molar-refractivity contribution in [2.75, 3.05) is 16.4 Å². The van der Waals surface area contributed by atoms with E-state index >= 15 is 0 Å². The molecule has 0 spiro atoms. The van der Waals surface area contributed by atoms with E-state index in [0.717, 1.165) is 9.37 Å². The van der Waals surface area contributed by atoms with E-state index in [9.17, 15) is 19.7 Å². The largest absolute Gasteiger partial charge is 0.324 e. The van der Waals surface area contributed by atoms with Crippen LogP contribution in [-0.4, -0.2) is 22.5 Å². The summed E-state index contributed by atoms with van der Waals surface area (Å²) in [7, 11) is 0. The van der Waals surface area contributed by atoms with Crippen LogP contribution in [0.3, 0.4) is 0 Å². The van der Waals surface area contributed by atoms with Gasteiger partial charge in [-0.2, -0.15) is 0 Å².